The highest BCUT2D eigenvalue weighted by Gasteiger charge is 2.13. The third-order valence-corrected chi connectivity index (χ3v) is 4.09. The summed E-state index contributed by atoms with van der Waals surface area (Å²) in [6, 6.07) is 20.3. The molecule has 4 nitrogen and oxygen atoms in total. The van der Waals surface area contributed by atoms with Gasteiger partial charge in [-0.25, -0.2) is 13.6 Å². The Hall–Kier alpha value is -1.69. The normalized spacial score (nSPS) is 11.7. The number of nitrogens with two attached hydrogens (primary N) is 1. The lowest BCUT2D eigenvalue weighted by Gasteiger charge is -2.18. The quantitative estimate of drug-likeness (QED) is 0.765. The molecule has 0 saturated carbocycles. The number of rotatable bonds is 7. The SMILES string of the molecule is NS(=O)(=O)CCNCC(c1ccccc1)c1ccccc1. The summed E-state index contributed by atoms with van der Waals surface area (Å²) in [5.74, 6) is 0.136. The Morgan fingerprint density at radius 2 is 1.38 bits per heavy atom. The van der Waals surface area contributed by atoms with Gasteiger partial charge in [-0.1, -0.05) is 60.7 Å². The van der Waals surface area contributed by atoms with Crippen molar-refractivity contribution in [2.24, 2.45) is 5.14 Å². The van der Waals surface area contributed by atoms with Gasteiger partial charge in [0.05, 0.1) is 5.75 Å². The molecule has 0 aromatic heterocycles. The van der Waals surface area contributed by atoms with Crippen molar-refractivity contribution in [1.82, 2.24) is 5.32 Å². The fraction of sp³-hybridized carbons (Fsp3) is 0.250. The number of primary sulfonamides is 1. The zero-order chi connectivity index (χ0) is 15.1. The summed E-state index contributed by atoms with van der Waals surface area (Å²) < 4.78 is 21.9. The van der Waals surface area contributed by atoms with E-state index in [9.17, 15) is 8.42 Å². The van der Waals surface area contributed by atoms with Crippen LogP contribution in [0, 0.1) is 0 Å². The molecule has 0 bridgehead atoms. The molecule has 0 heterocycles. The van der Waals surface area contributed by atoms with Crippen LogP contribution >= 0.6 is 0 Å². The molecule has 112 valence electrons. The second-order valence-electron chi connectivity index (χ2n) is 4.95. The van der Waals surface area contributed by atoms with E-state index in [0.29, 0.717) is 13.1 Å². The third kappa shape index (κ3) is 5.30. The first-order chi connectivity index (χ1) is 10.1. The van der Waals surface area contributed by atoms with Crippen molar-refractivity contribution in [3.05, 3.63) is 71.8 Å². The van der Waals surface area contributed by atoms with Crippen LogP contribution in [0.25, 0.3) is 0 Å². The fourth-order valence-electron chi connectivity index (χ4n) is 2.26. The second-order valence-corrected chi connectivity index (χ2v) is 6.68. The monoisotopic (exact) mass is 304 g/mol. The largest absolute Gasteiger partial charge is 0.315 e. The smallest absolute Gasteiger partial charge is 0.210 e. The highest BCUT2D eigenvalue weighted by atomic mass is 32.2. The highest BCUT2D eigenvalue weighted by Crippen LogP contribution is 2.23. The topological polar surface area (TPSA) is 72.2 Å². The van der Waals surface area contributed by atoms with Crippen molar-refractivity contribution in [3.63, 3.8) is 0 Å². The lowest BCUT2D eigenvalue weighted by molar-refractivity contribution is 0.589. The van der Waals surface area contributed by atoms with E-state index in [-0.39, 0.29) is 11.7 Å². The van der Waals surface area contributed by atoms with Gasteiger partial charge in [0.15, 0.2) is 0 Å². The summed E-state index contributed by atoms with van der Waals surface area (Å²) >= 11 is 0. The molecule has 2 rings (SSSR count). The Balaban J connectivity index is 2.07. The highest BCUT2D eigenvalue weighted by molar-refractivity contribution is 7.89. The molecule has 0 aliphatic carbocycles. The van der Waals surface area contributed by atoms with E-state index in [1.807, 2.05) is 36.4 Å². The van der Waals surface area contributed by atoms with E-state index in [1.54, 1.807) is 0 Å². The van der Waals surface area contributed by atoms with E-state index in [1.165, 1.54) is 11.1 Å². The molecule has 0 amide bonds. The fourth-order valence-corrected chi connectivity index (χ4v) is 2.69. The van der Waals surface area contributed by atoms with Crippen LogP contribution in [0.5, 0.6) is 0 Å². The average molecular weight is 304 g/mol. The van der Waals surface area contributed by atoms with E-state index in [0.717, 1.165) is 0 Å². The molecule has 0 saturated heterocycles. The second kappa shape index (κ2) is 7.36. The molecule has 0 fully saturated rings. The first-order valence-corrected chi connectivity index (χ1v) is 8.59. The van der Waals surface area contributed by atoms with E-state index >= 15 is 0 Å². The number of hydrogen-bond donors (Lipinski definition) is 2. The summed E-state index contributed by atoms with van der Waals surface area (Å²) in [7, 11) is -3.41. The van der Waals surface area contributed by atoms with Crippen molar-refractivity contribution >= 4 is 10.0 Å². The summed E-state index contributed by atoms with van der Waals surface area (Å²) in [6.07, 6.45) is 0. The van der Waals surface area contributed by atoms with Crippen LogP contribution < -0.4 is 10.5 Å². The van der Waals surface area contributed by atoms with Crippen molar-refractivity contribution in [2.45, 2.75) is 5.92 Å². The standard InChI is InChI=1S/C16H20N2O2S/c17-21(19,20)12-11-18-13-16(14-7-3-1-4-8-14)15-9-5-2-6-10-15/h1-10,16,18H,11-13H2,(H2,17,19,20). The minimum absolute atomic E-state index is 0.0523. The molecule has 0 spiro atoms. The minimum Gasteiger partial charge on any atom is -0.315 e. The van der Waals surface area contributed by atoms with Crippen LogP contribution in [-0.4, -0.2) is 27.3 Å². The van der Waals surface area contributed by atoms with Crippen LogP contribution in [0.2, 0.25) is 0 Å². The molecule has 2 aromatic carbocycles. The Morgan fingerprint density at radius 1 is 0.905 bits per heavy atom. The molecule has 0 radical (unpaired) electrons. The van der Waals surface area contributed by atoms with Gasteiger partial charge in [-0.15, -0.1) is 0 Å². The van der Waals surface area contributed by atoms with Gasteiger partial charge in [-0.05, 0) is 11.1 Å². The van der Waals surface area contributed by atoms with Gasteiger partial charge >= 0.3 is 0 Å². The molecular weight excluding hydrogens is 284 g/mol. The molecule has 3 N–H and O–H groups in total. The van der Waals surface area contributed by atoms with Gasteiger partial charge in [0.1, 0.15) is 0 Å². The predicted molar refractivity (Wildman–Crippen MR) is 85.6 cm³/mol. The van der Waals surface area contributed by atoms with Crippen LogP contribution in [0.1, 0.15) is 17.0 Å². The van der Waals surface area contributed by atoms with Crippen molar-refractivity contribution in [2.75, 3.05) is 18.8 Å². The Labute approximate surface area is 126 Å². The average Bonchev–Trinajstić information content (AvgIpc) is 2.48. The maximum Gasteiger partial charge on any atom is 0.210 e. The summed E-state index contributed by atoms with van der Waals surface area (Å²) in [5.41, 5.74) is 2.40. The van der Waals surface area contributed by atoms with E-state index in [4.69, 9.17) is 5.14 Å². The molecule has 0 aliphatic heterocycles. The van der Waals surface area contributed by atoms with Gasteiger partial charge in [-0.3, -0.25) is 0 Å². The molecule has 0 atom stereocenters. The zero-order valence-electron chi connectivity index (χ0n) is 11.8. The van der Waals surface area contributed by atoms with Gasteiger partial charge in [0.25, 0.3) is 0 Å². The van der Waals surface area contributed by atoms with Gasteiger partial charge in [-0.2, -0.15) is 0 Å². The first-order valence-electron chi connectivity index (χ1n) is 6.87. The van der Waals surface area contributed by atoms with Crippen LogP contribution in [0.15, 0.2) is 60.7 Å². The minimum atomic E-state index is -3.41. The molecule has 21 heavy (non-hydrogen) atoms. The maximum absolute atomic E-state index is 11.0. The van der Waals surface area contributed by atoms with Gasteiger partial charge in [0, 0.05) is 19.0 Å². The number of benzene rings is 2. The maximum atomic E-state index is 11.0. The van der Waals surface area contributed by atoms with E-state index < -0.39 is 10.0 Å². The lowest BCUT2D eigenvalue weighted by Crippen LogP contribution is -2.30. The lowest BCUT2D eigenvalue weighted by atomic mass is 9.91. The summed E-state index contributed by atoms with van der Waals surface area (Å²) in [4.78, 5) is 0. The number of nitrogens with one attached hydrogen (secondary N) is 1. The predicted octanol–water partition coefficient (Wildman–Crippen LogP) is 1.70. The summed E-state index contributed by atoms with van der Waals surface area (Å²) in [5, 5.41) is 8.19. The zero-order valence-corrected chi connectivity index (χ0v) is 12.6. The van der Waals surface area contributed by atoms with Crippen molar-refractivity contribution < 1.29 is 8.42 Å². The Kier molecular flexibility index (Phi) is 5.50. The van der Waals surface area contributed by atoms with Crippen LogP contribution in [0.3, 0.4) is 0 Å². The van der Waals surface area contributed by atoms with Gasteiger partial charge in [0.2, 0.25) is 10.0 Å². The summed E-state index contributed by atoms with van der Waals surface area (Å²) in [6.45, 7) is 1.03. The van der Waals surface area contributed by atoms with Crippen LogP contribution in [-0.2, 0) is 10.0 Å². The molecule has 5 heteroatoms. The molecular formula is C16H20N2O2S. The Bertz CT molecular complexity index is 603. The third-order valence-electron chi connectivity index (χ3n) is 3.32. The van der Waals surface area contributed by atoms with Crippen molar-refractivity contribution in [3.8, 4) is 0 Å². The molecule has 0 aliphatic rings. The van der Waals surface area contributed by atoms with Gasteiger partial charge < -0.3 is 5.32 Å². The van der Waals surface area contributed by atoms with Crippen LogP contribution in [0.4, 0.5) is 0 Å². The number of hydrogen-bond acceptors (Lipinski definition) is 3. The Morgan fingerprint density at radius 3 is 1.81 bits per heavy atom. The number of sulfonamides is 1. The van der Waals surface area contributed by atoms with Crippen molar-refractivity contribution in [1.29, 1.82) is 0 Å². The first kappa shape index (κ1) is 15.7. The van der Waals surface area contributed by atoms with E-state index in [2.05, 4.69) is 29.6 Å². The molecule has 2 aromatic rings. The molecule has 0 unspecified atom stereocenters.